The van der Waals surface area contributed by atoms with Crippen molar-refractivity contribution in [2.24, 2.45) is 5.92 Å². The summed E-state index contributed by atoms with van der Waals surface area (Å²) in [6.45, 7) is 6.22. The van der Waals surface area contributed by atoms with Crippen molar-refractivity contribution in [2.45, 2.75) is 39.0 Å². The summed E-state index contributed by atoms with van der Waals surface area (Å²) in [5, 5.41) is 10.3. The van der Waals surface area contributed by atoms with Crippen LogP contribution in [0.1, 0.15) is 44.6 Å². The molecule has 1 fully saturated rings. The van der Waals surface area contributed by atoms with Crippen LogP contribution in [0.5, 0.6) is 11.8 Å². The zero-order valence-electron chi connectivity index (χ0n) is 14.2. The number of ether oxygens (including phenoxy) is 2. The van der Waals surface area contributed by atoms with Gasteiger partial charge in [-0.15, -0.1) is 0 Å². The molecule has 0 aromatic carbocycles. The molecule has 1 aliphatic rings. The maximum Gasteiger partial charge on any atom is 0.241 e. The zero-order chi connectivity index (χ0) is 16.9. The number of nitrogens with zero attached hydrogens (tertiary/aromatic N) is 4. The first-order chi connectivity index (χ1) is 11.6. The largest absolute Gasteiger partial charge is 0.493 e. The topological polar surface area (TPSA) is 82.3 Å². The van der Waals surface area contributed by atoms with Gasteiger partial charge >= 0.3 is 0 Å². The van der Waals surface area contributed by atoms with Crippen molar-refractivity contribution < 1.29 is 14.6 Å². The molecule has 0 bridgehead atoms. The first kappa shape index (κ1) is 16.7. The fraction of sp³-hybridized carbons (Fsp3) is 0.588. The number of hydrogen-bond donors (Lipinski definition) is 1. The third-order valence-electron chi connectivity index (χ3n) is 4.30. The van der Waals surface area contributed by atoms with Crippen LogP contribution in [-0.4, -0.2) is 44.4 Å². The van der Waals surface area contributed by atoms with E-state index in [9.17, 15) is 5.11 Å². The summed E-state index contributed by atoms with van der Waals surface area (Å²) >= 11 is 0. The van der Waals surface area contributed by atoms with Crippen molar-refractivity contribution in [1.82, 2.24) is 19.5 Å². The first-order valence-electron chi connectivity index (χ1n) is 8.45. The van der Waals surface area contributed by atoms with Gasteiger partial charge in [-0.1, -0.05) is 13.8 Å². The minimum absolute atomic E-state index is 0.0373. The molecule has 2 aromatic heterocycles. The summed E-state index contributed by atoms with van der Waals surface area (Å²) in [6, 6.07) is 0. The van der Waals surface area contributed by atoms with Crippen molar-refractivity contribution in [3.05, 3.63) is 24.3 Å². The molecule has 0 aliphatic carbocycles. The highest BCUT2D eigenvalue weighted by atomic mass is 16.5. The Hall–Kier alpha value is -2.15. The van der Waals surface area contributed by atoms with Gasteiger partial charge in [0, 0.05) is 25.6 Å². The first-order valence-corrected chi connectivity index (χ1v) is 8.45. The Bertz CT molecular complexity index is 652. The van der Waals surface area contributed by atoms with E-state index >= 15 is 0 Å². The quantitative estimate of drug-likeness (QED) is 0.876. The molecule has 1 N–H and O–H groups in total. The van der Waals surface area contributed by atoms with Crippen molar-refractivity contribution >= 4 is 0 Å². The molecule has 3 heterocycles. The Morgan fingerprint density at radius 1 is 1.33 bits per heavy atom. The maximum absolute atomic E-state index is 10.3. The van der Waals surface area contributed by atoms with Crippen molar-refractivity contribution in [3.63, 3.8) is 0 Å². The Balaban J connectivity index is 1.76. The van der Waals surface area contributed by atoms with Crippen molar-refractivity contribution in [1.29, 1.82) is 0 Å². The summed E-state index contributed by atoms with van der Waals surface area (Å²) in [5.74, 6) is 1.47. The molecule has 0 radical (unpaired) electrons. The van der Waals surface area contributed by atoms with E-state index in [0.29, 0.717) is 29.9 Å². The molecular weight excluding hydrogens is 308 g/mol. The minimum atomic E-state index is -0.0373. The Morgan fingerprint density at radius 3 is 2.79 bits per heavy atom. The number of rotatable bonds is 6. The lowest BCUT2D eigenvalue weighted by Crippen LogP contribution is -2.18. The van der Waals surface area contributed by atoms with Gasteiger partial charge in [-0.3, -0.25) is 4.57 Å². The standard InChI is InChI=1S/C17H24N4O3/c1-12(2)14-15(22)19-17(21-7-6-18-11-21)20-16(14)24-10-5-13-3-8-23-9-4-13/h6-7,11-13H,3-5,8-10H2,1-2H3,(H,19,20,22). The summed E-state index contributed by atoms with van der Waals surface area (Å²) in [4.78, 5) is 12.6. The van der Waals surface area contributed by atoms with Gasteiger partial charge in [-0.05, 0) is 31.1 Å². The second-order valence-electron chi connectivity index (χ2n) is 6.38. The van der Waals surface area contributed by atoms with E-state index in [1.807, 2.05) is 13.8 Å². The van der Waals surface area contributed by atoms with E-state index in [0.717, 1.165) is 32.5 Å². The van der Waals surface area contributed by atoms with E-state index in [2.05, 4.69) is 15.0 Å². The third kappa shape index (κ3) is 3.84. The van der Waals surface area contributed by atoms with Crippen LogP contribution >= 0.6 is 0 Å². The lowest BCUT2D eigenvalue weighted by Gasteiger charge is -2.22. The molecule has 0 amide bonds. The van der Waals surface area contributed by atoms with Crippen LogP contribution in [0.3, 0.4) is 0 Å². The average molecular weight is 332 g/mol. The minimum Gasteiger partial charge on any atom is -0.493 e. The third-order valence-corrected chi connectivity index (χ3v) is 4.30. The van der Waals surface area contributed by atoms with Gasteiger partial charge < -0.3 is 14.6 Å². The number of hydrogen-bond acceptors (Lipinski definition) is 6. The van der Waals surface area contributed by atoms with Crippen molar-refractivity contribution in [3.8, 4) is 17.7 Å². The molecule has 2 aromatic rings. The Labute approximate surface area is 141 Å². The molecule has 7 heteroatoms. The van der Waals surface area contributed by atoms with Gasteiger partial charge in [0.2, 0.25) is 17.7 Å². The Morgan fingerprint density at radius 2 is 2.12 bits per heavy atom. The maximum atomic E-state index is 10.3. The fourth-order valence-corrected chi connectivity index (χ4v) is 2.89. The van der Waals surface area contributed by atoms with Gasteiger partial charge in [-0.2, -0.15) is 9.97 Å². The van der Waals surface area contributed by atoms with Gasteiger partial charge in [0.1, 0.15) is 6.33 Å². The molecule has 7 nitrogen and oxygen atoms in total. The predicted molar refractivity (Wildman–Crippen MR) is 88.6 cm³/mol. The molecule has 0 unspecified atom stereocenters. The molecule has 1 saturated heterocycles. The summed E-state index contributed by atoms with van der Waals surface area (Å²) in [6.07, 6.45) is 8.09. The number of aromatic nitrogens is 4. The van der Waals surface area contributed by atoms with Gasteiger partial charge in [-0.25, -0.2) is 4.98 Å². The van der Waals surface area contributed by atoms with E-state index in [4.69, 9.17) is 9.47 Å². The second kappa shape index (κ2) is 7.61. The van der Waals surface area contributed by atoms with E-state index < -0.39 is 0 Å². The second-order valence-corrected chi connectivity index (χ2v) is 6.38. The fourth-order valence-electron chi connectivity index (χ4n) is 2.89. The van der Waals surface area contributed by atoms with Crippen LogP contribution in [0.15, 0.2) is 18.7 Å². The monoisotopic (exact) mass is 332 g/mol. The molecule has 1 aliphatic heterocycles. The Kier molecular flexibility index (Phi) is 5.30. The molecule has 0 spiro atoms. The molecule has 130 valence electrons. The molecule has 0 atom stereocenters. The van der Waals surface area contributed by atoms with Crippen LogP contribution in [0, 0.1) is 5.92 Å². The van der Waals surface area contributed by atoms with Crippen LogP contribution < -0.4 is 4.74 Å². The number of aromatic hydroxyl groups is 1. The predicted octanol–water partition coefficient (Wildman–Crippen LogP) is 2.69. The van der Waals surface area contributed by atoms with E-state index in [1.54, 1.807) is 23.3 Å². The highest BCUT2D eigenvalue weighted by Crippen LogP contribution is 2.32. The van der Waals surface area contributed by atoms with Gasteiger partial charge in [0.15, 0.2) is 0 Å². The normalized spacial score (nSPS) is 15.8. The highest BCUT2D eigenvalue weighted by molar-refractivity contribution is 5.40. The smallest absolute Gasteiger partial charge is 0.241 e. The van der Waals surface area contributed by atoms with Crippen LogP contribution in [0.2, 0.25) is 0 Å². The average Bonchev–Trinajstić information content (AvgIpc) is 3.09. The lowest BCUT2D eigenvalue weighted by atomic mass is 9.97. The molecule has 3 rings (SSSR count). The molecule has 0 saturated carbocycles. The van der Waals surface area contributed by atoms with Crippen molar-refractivity contribution in [2.75, 3.05) is 19.8 Å². The van der Waals surface area contributed by atoms with E-state index in [1.165, 1.54) is 0 Å². The zero-order valence-corrected chi connectivity index (χ0v) is 14.2. The summed E-state index contributed by atoms with van der Waals surface area (Å²) in [7, 11) is 0. The number of imidazole rings is 1. The van der Waals surface area contributed by atoms with Crippen LogP contribution in [-0.2, 0) is 4.74 Å². The van der Waals surface area contributed by atoms with Gasteiger partial charge in [0.25, 0.3) is 0 Å². The SMILES string of the molecule is CC(C)c1c(O)nc(-n2ccnc2)nc1OCCC1CCOCC1. The highest BCUT2D eigenvalue weighted by Gasteiger charge is 2.20. The van der Waals surface area contributed by atoms with Crippen LogP contribution in [0.25, 0.3) is 5.95 Å². The summed E-state index contributed by atoms with van der Waals surface area (Å²) in [5.41, 5.74) is 0.644. The summed E-state index contributed by atoms with van der Waals surface area (Å²) < 4.78 is 13.0. The van der Waals surface area contributed by atoms with Crippen LogP contribution in [0.4, 0.5) is 0 Å². The van der Waals surface area contributed by atoms with E-state index in [-0.39, 0.29) is 11.8 Å². The molecular formula is C17H24N4O3. The molecule has 24 heavy (non-hydrogen) atoms. The van der Waals surface area contributed by atoms with Gasteiger partial charge in [0.05, 0.1) is 12.2 Å². The lowest BCUT2D eigenvalue weighted by molar-refractivity contribution is 0.0590.